The molecule has 2 aromatic carbocycles. The van der Waals surface area contributed by atoms with Gasteiger partial charge >= 0.3 is 0 Å². The maximum Gasteiger partial charge on any atom is 0.187 e. The minimum absolute atomic E-state index is 0.542. The molecule has 0 atom stereocenters. The van der Waals surface area contributed by atoms with Gasteiger partial charge in [0.05, 0.1) is 16.8 Å². The molecule has 0 amide bonds. The number of thioether (sulfide) groups is 1. The van der Waals surface area contributed by atoms with Crippen LogP contribution in [0, 0.1) is 0 Å². The first-order chi connectivity index (χ1) is 14.2. The van der Waals surface area contributed by atoms with Crippen molar-refractivity contribution >= 4 is 45.3 Å². The highest BCUT2D eigenvalue weighted by Crippen LogP contribution is 2.33. The van der Waals surface area contributed by atoms with Gasteiger partial charge in [0, 0.05) is 22.6 Å². The van der Waals surface area contributed by atoms with Crippen molar-refractivity contribution in [2.45, 2.75) is 31.3 Å². The van der Waals surface area contributed by atoms with Crippen LogP contribution in [0.4, 0.5) is 10.8 Å². The number of hydrogen-bond acceptors (Lipinski definition) is 6. The lowest BCUT2D eigenvalue weighted by Gasteiger charge is -2.07. The number of benzene rings is 2. The van der Waals surface area contributed by atoms with Crippen LogP contribution in [0.2, 0.25) is 0 Å². The summed E-state index contributed by atoms with van der Waals surface area (Å²) in [5, 5.41) is 7.50. The van der Waals surface area contributed by atoms with Crippen LogP contribution in [0.5, 0.6) is 0 Å². The number of thiazole rings is 2. The number of aromatic nitrogens is 2. The Hall–Kier alpha value is -2.15. The van der Waals surface area contributed by atoms with E-state index in [1.54, 1.807) is 22.7 Å². The Labute approximate surface area is 184 Å². The Balaban J connectivity index is 1.34. The zero-order chi connectivity index (χ0) is 20.1. The van der Waals surface area contributed by atoms with Crippen molar-refractivity contribution in [2.24, 2.45) is 0 Å². The Bertz CT molecular complexity index is 1040. The minimum Gasteiger partial charge on any atom is -0.332 e. The lowest BCUT2D eigenvalue weighted by Crippen LogP contribution is -1.91. The second-order valence-electron chi connectivity index (χ2n) is 7.05. The summed E-state index contributed by atoms with van der Waals surface area (Å²) in [5.74, 6) is 2.48. The normalized spacial score (nSPS) is 11.1. The number of rotatable bonds is 8. The molecular formula is C23H23N3S3. The molecule has 2 aromatic heterocycles. The molecule has 3 nitrogen and oxygen atoms in total. The Morgan fingerprint density at radius 3 is 2.55 bits per heavy atom. The average Bonchev–Trinajstić information content (AvgIpc) is 3.39. The van der Waals surface area contributed by atoms with E-state index < -0.39 is 0 Å². The average molecular weight is 438 g/mol. The van der Waals surface area contributed by atoms with E-state index in [0.717, 1.165) is 37.9 Å². The molecule has 4 rings (SSSR count). The van der Waals surface area contributed by atoms with Crippen LogP contribution < -0.4 is 5.32 Å². The van der Waals surface area contributed by atoms with E-state index >= 15 is 0 Å². The van der Waals surface area contributed by atoms with Gasteiger partial charge in [0.1, 0.15) is 5.01 Å². The zero-order valence-electron chi connectivity index (χ0n) is 16.5. The van der Waals surface area contributed by atoms with Gasteiger partial charge in [-0.3, -0.25) is 0 Å². The van der Waals surface area contributed by atoms with Crippen molar-refractivity contribution < 1.29 is 0 Å². The quantitative estimate of drug-likeness (QED) is 0.308. The van der Waals surface area contributed by atoms with Gasteiger partial charge in [-0.2, -0.15) is 11.8 Å². The molecule has 0 aliphatic rings. The van der Waals surface area contributed by atoms with Gasteiger partial charge < -0.3 is 5.32 Å². The second-order valence-corrected chi connectivity index (χ2v) is 9.93. The molecule has 6 heteroatoms. The molecular weight excluding hydrogens is 414 g/mol. The van der Waals surface area contributed by atoms with Gasteiger partial charge in [-0.25, -0.2) is 9.97 Å². The number of hydrogen-bond donors (Lipinski definition) is 1. The number of nitrogens with one attached hydrogen (secondary N) is 1. The van der Waals surface area contributed by atoms with Crippen molar-refractivity contribution in [3.8, 4) is 9.88 Å². The van der Waals surface area contributed by atoms with Crippen LogP contribution in [0.1, 0.15) is 36.6 Å². The first kappa shape index (κ1) is 20.1. The Morgan fingerprint density at radius 1 is 1.00 bits per heavy atom. The van der Waals surface area contributed by atoms with Crippen molar-refractivity contribution in [2.75, 3.05) is 5.32 Å². The van der Waals surface area contributed by atoms with Crippen LogP contribution >= 0.6 is 34.4 Å². The molecule has 148 valence electrons. The lowest BCUT2D eigenvalue weighted by atomic mass is 10.0. The molecule has 1 N–H and O–H groups in total. The third kappa shape index (κ3) is 5.47. The molecule has 0 bridgehead atoms. The Morgan fingerprint density at radius 2 is 1.79 bits per heavy atom. The maximum atomic E-state index is 4.80. The fourth-order valence-electron chi connectivity index (χ4n) is 2.84. The van der Waals surface area contributed by atoms with Crippen LogP contribution in [0.25, 0.3) is 9.88 Å². The molecule has 0 unspecified atom stereocenters. The van der Waals surface area contributed by atoms with Crippen molar-refractivity contribution in [3.63, 3.8) is 0 Å². The van der Waals surface area contributed by atoms with Gasteiger partial charge in [0.15, 0.2) is 5.13 Å². The molecule has 0 aliphatic heterocycles. The molecule has 0 fully saturated rings. The van der Waals surface area contributed by atoms with Crippen molar-refractivity contribution in [3.05, 3.63) is 83.0 Å². The SMILES string of the molecule is CC(C)c1ccc(Nc2ncc(-c3nc(CSCc4ccccc4)cs3)s2)cc1. The van der Waals surface area contributed by atoms with Crippen LogP contribution in [0.3, 0.4) is 0 Å². The second kappa shape index (κ2) is 9.57. The third-order valence-corrected chi connectivity index (χ3v) is 7.47. The predicted octanol–water partition coefficient (Wildman–Crippen LogP) is 7.57. The van der Waals surface area contributed by atoms with E-state index in [1.165, 1.54) is 11.1 Å². The minimum atomic E-state index is 0.542. The first-order valence-electron chi connectivity index (χ1n) is 9.56. The summed E-state index contributed by atoms with van der Waals surface area (Å²) < 4.78 is 0. The van der Waals surface area contributed by atoms with Crippen LogP contribution in [-0.2, 0) is 11.5 Å². The summed E-state index contributed by atoms with van der Waals surface area (Å²) in [7, 11) is 0. The van der Waals surface area contributed by atoms with Gasteiger partial charge in [0.25, 0.3) is 0 Å². The number of anilines is 2. The highest BCUT2D eigenvalue weighted by molar-refractivity contribution is 7.97. The smallest absolute Gasteiger partial charge is 0.187 e. The molecule has 4 aromatic rings. The van der Waals surface area contributed by atoms with Crippen LogP contribution in [0.15, 0.2) is 66.2 Å². The monoisotopic (exact) mass is 437 g/mol. The standard InChI is InChI=1S/C23H23N3S3/c1-16(2)18-8-10-19(11-9-18)26-23-24-12-21(29-23)22-25-20(15-28-22)14-27-13-17-6-4-3-5-7-17/h3-12,15-16H,13-14H2,1-2H3,(H,24,26). The van der Waals surface area contributed by atoms with Gasteiger partial charge in [0.2, 0.25) is 0 Å². The molecule has 2 heterocycles. The fraction of sp³-hybridized carbons (Fsp3) is 0.217. The summed E-state index contributed by atoms with van der Waals surface area (Å²) >= 11 is 5.23. The van der Waals surface area contributed by atoms with Crippen LogP contribution in [-0.4, -0.2) is 9.97 Å². The third-order valence-electron chi connectivity index (χ3n) is 4.46. The molecule has 0 saturated carbocycles. The highest BCUT2D eigenvalue weighted by Gasteiger charge is 2.10. The summed E-state index contributed by atoms with van der Waals surface area (Å²) in [6.07, 6.45) is 1.91. The molecule has 0 spiro atoms. The summed E-state index contributed by atoms with van der Waals surface area (Å²) in [4.78, 5) is 10.4. The Kier molecular flexibility index (Phi) is 6.64. The number of nitrogens with zero attached hydrogens (tertiary/aromatic N) is 2. The van der Waals surface area contributed by atoms with Crippen molar-refractivity contribution in [1.29, 1.82) is 0 Å². The largest absolute Gasteiger partial charge is 0.332 e. The molecule has 29 heavy (non-hydrogen) atoms. The molecule has 0 aliphatic carbocycles. The van der Waals surface area contributed by atoms with E-state index in [2.05, 4.69) is 84.1 Å². The van der Waals surface area contributed by atoms with E-state index in [0.29, 0.717) is 5.92 Å². The van der Waals surface area contributed by atoms with E-state index in [1.807, 2.05) is 18.0 Å². The summed E-state index contributed by atoms with van der Waals surface area (Å²) in [5.41, 5.74) is 4.90. The zero-order valence-corrected chi connectivity index (χ0v) is 18.9. The van der Waals surface area contributed by atoms with E-state index in [9.17, 15) is 0 Å². The van der Waals surface area contributed by atoms with E-state index in [4.69, 9.17) is 4.98 Å². The van der Waals surface area contributed by atoms with Gasteiger partial charge in [-0.15, -0.1) is 11.3 Å². The molecule has 0 radical (unpaired) electrons. The van der Waals surface area contributed by atoms with E-state index in [-0.39, 0.29) is 0 Å². The van der Waals surface area contributed by atoms with Gasteiger partial charge in [-0.05, 0) is 29.2 Å². The lowest BCUT2D eigenvalue weighted by molar-refractivity contribution is 0.867. The fourth-order valence-corrected chi connectivity index (χ4v) is 5.55. The maximum absolute atomic E-state index is 4.80. The van der Waals surface area contributed by atoms with Gasteiger partial charge in [-0.1, -0.05) is 67.6 Å². The topological polar surface area (TPSA) is 37.8 Å². The predicted molar refractivity (Wildman–Crippen MR) is 128 cm³/mol. The van der Waals surface area contributed by atoms with Crippen molar-refractivity contribution in [1.82, 2.24) is 9.97 Å². The highest BCUT2D eigenvalue weighted by atomic mass is 32.2. The summed E-state index contributed by atoms with van der Waals surface area (Å²) in [6.45, 7) is 4.41. The molecule has 0 saturated heterocycles. The first-order valence-corrected chi connectivity index (χ1v) is 12.4. The summed E-state index contributed by atoms with van der Waals surface area (Å²) in [6, 6.07) is 19.1.